The standard InChI is InChI=1S/C21H20FN3O5S/c1-13(29-16-6-3-14(22)4-7-16)20-24-25-21(30-20)31-12-19(26)23-15-5-8-17-18(11-15)28-10-2-9-27-17/h3-8,11,13H,2,9-10,12H2,1H3,(H,23,26)/t13-/m1/s1. The number of benzene rings is 2. The van der Waals surface area contributed by atoms with Crippen LogP contribution >= 0.6 is 11.8 Å². The Morgan fingerprint density at radius 1 is 1.16 bits per heavy atom. The Kier molecular flexibility index (Phi) is 6.56. The smallest absolute Gasteiger partial charge is 0.277 e. The molecule has 0 bridgehead atoms. The summed E-state index contributed by atoms with van der Waals surface area (Å²) in [6, 6.07) is 10.9. The Morgan fingerprint density at radius 3 is 2.74 bits per heavy atom. The molecule has 162 valence electrons. The van der Waals surface area contributed by atoms with E-state index in [0.717, 1.165) is 18.2 Å². The molecule has 1 N–H and O–H groups in total. The first-order valence-electron chi connectivity index (χ1n) is 9.65. The van der Waals surface area contributed by atoms with Gasteiger partial charge in [0.1, 0.15) is 11.6 Å². The molecule has 0 aliphatic carbocycles. The summed E-state index contributed by atoms with van der Waals surface area (Å²) in [5.41, 5.74) is 0.613. The molecule has 10 heteroatoms. The number of anilines is 1. The highest BCUT2D eigenvalue weighted by Gasteiger charge is 2.17. The second-order valence-corrected chi connectivity index (χ2v) is 7.60. The zero-order valence-electron chi connectivity index (χ0n) is 16.7. The van der Waals surface area contributed by atoms with Crippen molar-refractivity contribution in [3.8, 4) is 17.2 Å². The Hall–Kier alpha value is -3.27. The van der Waals surface area contributed by atoms with Crippen LogP contribution in [-0.2, 0) is 4.79 Å². The number of hydrogen-bond acceptors (Lipinski definition) is 8. The van der Waals surface area contributed by atoms with E-state index >= 15 is 0 Å². The lowest BCUT2D eigenvalue weighted by Crippen LogP contribution is -2.14. The number of ether oxygens (including phenoxy) is 3. The molecule has 31 heavy (non-hydrogen) atoms. The molecular weight excluding hydrogens is 425 g/mol. The van der Waals surface area contributed by atoms with Crippen LogP contribution in [0, 0.1) is 5.82 Å². The molecule has 1 atom stereocenters. The summed E-state index contributed by atoms with van der Waals surface area (Å²) in [6.45, 7) is 2.92. The van der Waals surface area contributed by atoms with Crippen LogP contribution in [0.2, 0.25) is 0 Å². The van der Waals surface area contributed by atoms with Crippen molar-refractivity contribution in [3.63, 3.8) is 0 Å². The number of carbonyl (C=O) groups excluding carboxylic acids is 1. The molecule has 0 saturated carbocycles. The quantitative estimate of drug-likeness (QED) is 0.540. The van der Waals surface area contributed by atoms with E-state index in [1.807, 2.05) is 0 Å². The van der Waals surface area contributed by atoms with Crippen LogP contribution in [0.15, 0.2) is 52.1 Å². The number of nitrogens with one attached hydrogen (secondary N) is 1. The predicted octanol–water partition coefficient (Wildman–Crippen LogP) is 4.24. The first-order valence-corrected chi connectivity index (χ1v) is 10.6. The predicted molar refractivity (Wildman–Crippen MR) is 111 cm³/mol. The highest BCUT2D eigenvalue weighted by Crippen LogP contribution is 2.32. The van der Waals surface area contributed by atoms with Crippen molar-refractivity contribution >= 4 is 23.4 Å². The molecule has 1 aromatic heterocycles. The molecular formula is C21H20FN3O5S. The van der Waals surface area contributed by atoms with Crippen LogP contribution in [0.1, 0.15) is 25.3 Å². The van der Waals surface area contributed by atoms with Gasteiger partial charge in [-0.15, -0.1) is 10.2 Å². The highest BCUT2D eigenvalue weighted by atomic mass is 32.2. The van der Waals surface area contributed by atoms with E-state index in [1.54, 1.807) is 25.1 Å². The number of carbonyl (C=O) groups is 1. The zero-order chi connectivity index (χ0) is 21.6. The molecule has 4 rings (SSSR count). The van der Waals surface area contributed by atoms with Gasteiger partial charge in [-0.2, -0.15) is 0 Å². The topological polar surface area (TPSA) is 95.7 Å². The maximum atomic E-state index is 13.0. The van der Waals surface area contributed by atoms with Crippen molar-refractivity contribution in [1.82, 2.24) is 10.2 Å². The van der Waals surface area contributed by atoms with Gasteiger partial charge >= 0.3 is 0 Å². The van der Waals surface area contributed by atoms with E-state index in [9.17, 15) is 9.18 Å². The van der Waals surface area contributed by atoms with Crippen molar-refractivity contribution in [3.05, 3.63) is 54.2 Å². The molecule has 2 heterocycles. The Labute approximate surface area is 182 Å². The molecule has 1 amide bonds. The SMILES string of the molecule is C[C@@H](Oc1ccc(F)cc1)c1nnc(SCC(=O)Nc2ccc3c(c2)OCCCO3)o1. The van der Waals surface area contributed by atoms with Gasteiger partial charge in [-0.3, -0.25) is 4.79 Å². The number of nitrogens with zero attached hydrogens (tertiary/aromatic N) is 2. The maximum Gasteiger partial charge on any atom is 0.277 e. The fraction of sp³-hybridized carbons (Fsp3) is 0.286. The third-order valence-corrected chi connectivity index (χ3v) is 5.07. The first kappa shape index (κ1) is 21.0. The average molecular weight is 445 g/mol. The minimum atomic E-state index is -0.525. The second kappa shape index (κ2) is 9.69. The van der Waals surface area contributed by atoms with E-state index in [0.29, 0.717) is 36.1 Å². The van der Waals surface area contributed by atoms with Gasteiger partial charge in [0.15, 0.2) is 17.6 Å². The molecule has 3 aromatic rings. The molecule has 0 unspecified atom stereocenters. The minimum Gasteiger partial charge on any atom is -0.490 e. The lowest BCUT2D eigenvalue weighted by Gasteiger charge is -2.10. The van der Waals surface area contributed by atoms with Crippen LogP contribution in [0.3, 0.4) is 0 Å². The Bertz CT molecular complexity index is 1040. The summed E-state index contributed by atoms with van der Waals surface area (Å²) in [4.78, 5) is 12.3. The van der Waals surface area contributed by atoms with Crippen molar-refractivity contribution in [1.29, 1.82) is 0 Å². The third kappa shape index (κ3) is 5.66. The molecule has 0 fully saturated rings. The lowest BCUT2D eigenvalue weighted by atomic mass is 10.2. The van der Waals surface area contributed by atoms with E-state index in [4.69, 9.17) is 18.6 Å². The van der Waals surface area contributed by atoms with Gasteiger partial charge < -0.3 is 23.9 Å². The summed E-state index contributed by atoms with van der Waals surface area (Å²) in [6.07, 6.45) is 0.287. The number of halogens is 1. The molecule has 1 aliphatic rings. The third-order valence-electron chi connectivity index (χ3n) is 4.25. The summed E-state index contributed by atoms with van der Waals surface area (Å²) >= 11 is 1.11. The fourth-order valence-corrected chi connectivity index (χ4v) is 3.35. The summed E-state index contributed by atoms with van der Waals surface area (Å²) in [5.74, 6) is 1.53. The number of rotatable bonds is 7. The van der Waals surface area contributed by atoms with Gasteiger partial charge in [0.25, 0.3) is 11.1 Å². The van der Waals surface area contributed by atoms with Gasteiger partial charge in [0, 0.05) is 18.2 Å². The van der Waals surface area contributed by atoms with Crippen LogP contribution in [0.25, 0.3) is 0 Å². The largest absolute Gasteiger partial charge is 0.490 e. The minimum absolute atomic E-state index is 0.0866. The van der Waals surface area contributed by atoms with Gasteiger partial charge in [0.05, 0.1) is 19.0 Å². The first-order chi connectivity index (χ1) is 15.1. The van der Waals surface area contributed by atoms with Crippen LogP contribution in [0.4, 0.5) is 10.1 Å². The number of thioether (sulfide) groups is 1. The fourth-order valence-electron chi connectivity index (χ4n) is 2.78. The van der Waals surface area contributed by atoms with Crippen LogP contribution in [0.5, 0.6) is 17.2 Å². The van der Waals surface area contributed by atoms with Gasteiger partial charge in [-0.1, -0.05) is 11.8 Å². The molecule has 0 saturated heterocycles. The van der Waals surface area contributed by atoms with Crippen molar-refractivity contribution in [2.45, 2.75) is 24.7 Å². The van der Waals surface area contributed by atoms with E-state index in [-0.39, 0.29) is 28.6 Å². The van der Waals surface area contributed by atoms with E-state index in [2.05, 4.69) is 15.5 Å². The highest BCUT2D eigenvalue weighted by molar-refractivity contribution is 7.99. The van der Waals surface area contributed by atoms with Crippen LogP contribution < -0.4 is 19.5 Å². The van der Waals surface area contributed by atoms with Crippen molar-refractivity contribution in [2.75, 3.05) is 24.3 Å². The Balaban J connectivity index is 1.28. The maximum absolute atomic E-state index is 13.0. The van der Waals surface area contributed by atoms with Gasteiger partial charge in [-0.05, 0) is 43.3 Å². The Morgan fingerprint density at radius 2 is 1.94 bits per heavy atom. The van der Waals surface area contributed by atoms with Crippen LogP contribution in [-0.4, -0.2) is 35.1 Å². The van der Waals surface area contributed by atoms with Gasteiger partial charge in [0.2, 0.25) is 5.91 Å². The number of hydrogen-bond donors (Lipinski definition) is 1. The molecule has 8 nitrogen and oxygen atoms in total. The average Bonchev–Trinajstić information content (AvgIpc) is 3.12. The van der Waals surface area contributed by atoms with Crippen molar-refractivity contribution in [2.24, 2.45) is 0 Å². The van der Waals surface area contributed by atoms with Crippen molar-refractivity contribution < 1.29 is 27.8 Å². The number of aromatic nitrogens is 2. The second-order valence-electron chi connectivity index (χ2n) is 6.67. The number of amides is 1. The van der Waals surface area contributed by atoms with E-state index < -0.39 is 6.10 Å². The summed E-state index contributed by atoms with van der Waals surface area (Å²) in [7, 11) is 0. The van der Waals surface area contributed by atoms with E-state index in [1.165, 1.54) is 24.3 Å². The lowest BCUT2D eigenvalue weighted by molar-refractivity contribution is -0.113. The summed E-state index contributed by atoms with van der Waals surface area (Å²) in [5, 5.41) is 10.9. The molecule has 0 radical (unpaired) electrons. The summed E-state index contributed by atoms with van der Waals surface area (Å²) < 4.78 is 35.4. The van der Waals surface area contributed by atoms with Gasteiger partial charge in [-0.25, -0.2) is 4.39 Å². The monoisotopic (exact) mass is 445 g/mol. The molecule has 2 aromatic carbocycles. The number of fused-ring (bicyclic) bond motifs is 1. The molecule has 0 spiro atoms. The zero-order valence-corrected chi connectivity index (χ0v) is 17.5. The molecule has 1 aliphatic heterocycles. The normalized spacial score (nSPS) is 13.9.